The third kappa shape index (κ3) is 3.71. The van der Waals surface area contributed by atoms with Crippen LogP contribution >= 0.6 is 27.3 Å². The van der Waals surface area contributed by atoms with Crippen LogP contribution < -0.4 is 10.6 Å². The molecule has 1 saturated carbocycles. The Labute approximate surface area is 134 Å². The van der Waals surface area contributed by atoms with Gasteiger partial charge >= 0.3 is 0 Å². The first-order valence-corrected chi connectivity index (χ1v) is 8.20. The largest absolute Gasteiger partial charge is 0.349 e. The Hall–Kier alpha value is -1.66. The van der Waals surface area contributed by atoms with Crippen molar-refractivity contribution in [3.05, 3.63) is 50.6 Å². The molecule has 21 heavy (non-hydrogen) atoms. The number of carbonyl (C=O) groups is 2. The molecule has 0 unspecified atom stereocenters. The molecule has 1 aliphatic carbocycles. The van der Waals surface area contributed by atoms with Crippen molar-refractivity contribution in [2.45, 2.75) is 18.9 Å². The smallest absolute Gasteiger partial charge is 0.265 e. The summed E-state index contributed by atoms with van der Waals surface area (Å²) in [6.45, 7) is 0. The quantitative estimate of drug-likeness (QED) is 0.869. The Kier molecular flexibility index (Phi) is 4.07. The minimum Gasteiger partial charge on any atom is -0.349 e. The number of carbonyl (C=O) groups excluding carboxylic acids is 2. The molecule has 0 bridgehead atoms. The first-order chi connectivity index (χ1) is 10.1. The van der Waals surface area contributed by atoms with Crippen LogP contribution in [-0.2, 0) is 0 Å². The van der Waals surface area contributed by atoms with Crippen molar-refractivity contribution in [2.24, 2.45) is 0 Å². The van der Waals surface area contributed by atoms with Crippen LogP contribution in [0.4, 0.5) is 5.69 Å². The minimum absolute atomic E-state index is 0.0578. The standard InChI is InChI=1S/C15H13BrN2O2S/c16-13-8-7-12(21-13)15(20)18-10-3-1-9(2-4-10)14(19)17-11-5-6-11/h1-4,7-8,11H,5-6H2,(H,17,19)(H,18,20). The Morgan fingerprint density at radius 3 is 2.33 bits per heavy atom. The van der Waals surface area contributed by atoms with Crippen molar-refractivity contribution in [2.75, 3.05) is 5.32 Å². The number of rotatable bonds is 4. The molecule has 6 heteroatoms. The molecule has 0 aliphatic heterocycles. The van der Waals surface area contributed by atoms with E-state index >= 15 is 0 Å². The molecule has 1 aliphatic rings. The summed E-state index contributed by atoms with van der Waals surface area (Å²) in [5.41, 5.74) is 1.28. The van der Waals surface area contributed by atoms with Gasteiger partial charge in [-0.1, -0.05) is 0 Å². The maximum Gasteiger partial charge on any atom is 0.265 e. The van der Waals surface area contributed by atoms with Gasteiger partial charge in [-0.15, -0.1) is 11.3 Å². The van der Waals surface area contributed by atoms with E-state index in [4.69, 9.17) is 0 Å². The second-order valence-electron chi connectivity index (χ2n) is 4.88. The normalized spacial score (nSPS) is 13.8. The van der Waals surface area contributed by atoms with Crippen molar-refractivity contribution in [3.63, 3.8) is 0 Å². The number of thiophene rings is 1. The van der Waals surface area contributed by atoms with Gasteiger partial charge in [0, 0.05) is 17.3 Å². The van der Waals surface area contributed by atoms with Crippen LogP contribution in [0.2, 0.25) is 0 Å². The van der Waals surface area contributed by atoms with Crippen LogP contribution in [0.15, 0.2) is 40.2 Å². The molecule has 1 aromatic carbocycles. The van der Waals surface area contributed by atoms with E-state index in [2.05, 4.69) is 26.6 Å². The first kappa shape index (κ1) is 14.3. The van der Waals surface area contributed by atoms with Crippen LogP contribution in [0.3, 0.4) is 0 Å². The molecule has 0 radical (unpaired) electrons. The van der Waals surface area contributed by atoms with Crippen molar-refractivity contribution in [1.29, 1.82) is 0 Å². The van der Waals surface area contributed by atoms with E-state index in [-0.39, 0.29) is 11.8 Å². The van der Waals surface area contributed by atoms with Crippen molar-refractivity contribution in [1.82, 2.24) is 5.32 Å². The number of hydrogen-bond donors (Lipinski definition) is 2. The van der Waals surface area contributed by atoms with E-state index in [1.54, 1.807) is 30.3 Å². The van der Waals surface area contributed by atoms with Gasteiger partial charge in [0.05, 0.1) is 8.66 Å². The number of anilines is 1. The first-order valence-electron chi connectivity index (χ1n) is 6.59. The predicted molar refractivity (Wildman–Crippen MR) is 86.9 cm³/mol. The summed E-state index contributed by atoms with van der Waals surface area (Å²) in [6, 6.07) is 10.9. The van der Waals surface area contributed by atoms with Gasteiger partial charge in [0.1, 0.15) is 0 Å². The lowest BCUT2D eigenvalue weighted by molar-refractivity contribution is 0.0950. The monoisotopic (exact) mass is 364 g/mol. The third-order valence-corrected chi connectivity index (χ3v) is 4.74. The third-order valence-electron chi connectivity index (χ3n) is 3.11. The Balaban J connectivity index is 1.63. The lowest BCUT2D eigenvalue weighted by atomic mass is 10.2. The number of nitrogens with one attached hydrogen (secondary N) is 2. The van der Waals surface area contributed by atoms with Gasteiger partial charge in [-0.25, -0.2) is 0 Å². The van der Waals surface area contributed by atoms with Gasteiger partial charge < -0.3 is 10.6 Å². The molecule has 2 aromatic rings. The zero-order chi connectivity index (χ0) is 14.8. The van der Waals surface area contributed by atoms with E-state index < -0.39 is 0 Å². The maximum atomic E-state index is 12.0. The fraction of sp³-hybridized carbons (Fsp3) is 0.200. The molecule has 1 fully saturated rings. The number of amides is 2. The summed E-state index contributed by atoms with van der Waals surface area (Å²) in [4.78, 5) is 24.5. The molecular weight excluding hydrogens is 352 g/mol. The van der Waals surface area contributed by atoms with Crippen LogP contribution in [0.25, 0.3) is 0 Å². The maximum absolute atomic E-state index is 12.0. The molecule has 2 amide bonds. The summed E-state index contributed by atoms with van der Waals surface area (Å²) < 4.78 is 0.916. The second kappa shape index (κ2) is 5.99. The molecule has 108 valence electrons. The van der Waals surface area contributed by atoms with Crippen molar-refractivity contribution < 1.29 is 9.59 Å². The highest BCUT2D eigenvalue weighted by Crippen LogP contribution is 2.23. The van der Waals surface area contributed by atoms with Crippen molar-refractivity contribution in [3.8, 4) is 0 Å². The topological polar surface area (TPSA) is 58.2 Å². The van der Waals surface area contributed by atoms with Gasteiger partial charge in [0.15, 0.2) is 0 Å². The number of halogens is 1. The predicted octanol–water partition coefficient (Wildman–Crippen LogP) is 3.66. The molecule has 2 N–H and O–H groups in total. The van der Waals surface area contributed by atoms with Gasteiger partial charge in [-0.2, -0.15) is 0 Å². The highest BCUT2D eigenvalue weighted by atomic mass is 79.9. The Morgan fingerprint density at radius 2 is 1.76 bits per heavy atom. The van der Waals surface area contributed by atoms with Crippen LogP contribution in [0.1, 0.15) is 32.9 Å². The SMILES string of the molecule is O=C(NC1CC1)c1ccc(NC(=O)c2ccc(Br)s2)cc1. The highest BCUT2D eigenvalue weighted by Gasteiger charge is 2.23. The van der Waals surface area contributed by atoms with E-state index in [9.17, 15) is 9.59 Å². The summed E-state index contributed by atoms with van der Waals surface area (Å²) >= 11 is 4.71. The molecule has 1 heterocycles. The van der Waals surface area contributed by atoms with Gasteiger partial charge in [-0.3, -0.25) is 9.59 Å². The van der Waals surface area contributed by atoms with E-state index in [0.29, 0.717) is 22.2 Å². The molecule has 3 rings (SSSR count). The summed E-state index contributed by atoms with van der Waals surface area (Å²) in [7, 11) is 0. The molecule has 1 aromatic heterocycles. The fourth-order valence-corrected chi connectivity index (χ4v) is 3.11. The molecule has 0 atom stereocenters. The molecule has 0 spiro atoms. The lowest BCUT2D eigenvalue weighted by Gasteiger charge is -2.06. The highest BCUT2D eigenvalue weighted by molar-refractivity contribution is 9.11. The van der Waals surface area contributed by atoms with Gasteiger partial charge in [0.2, 0.25) is 0 Å². The average Bonchev–Trinajstić information content (AvgIpc) is 3.17. The van der Waals surface area contributed by atoms with Gasteiger partial charge in [0.25, 0.3) is 11.8 Å². The summed E-state index contributed by atoms with van der Waals surface area (Å²) in [5.74, 6) is -0.210. The van der Waals surface area contributed by atoms with Gasteiger partial charge in [-0.05, 0) is 65.2 Å². The Morgan fingerprint density at radius 1 is 1.05 bits per heavy atom. The van der Waals surface area contributed by atoms with E-state index in [1.807, 2.05) is 6.07 Å². The number of hydrogen-bond acceptors (Lipinski definition) is 3. The van der Waals surface area contributed by atoms with Crippen LogP contribution in [-0.4, -0.2) is 17.9 Å². The fourth-order valence-electron chi connectivity index (χ4n) is 1.83. The molecule has 4 nitrogen and oxygen atoms in total. The minimum atomic E-state index is -0.152. The van der Waals surface area contributed by atoms with Crippen LogP contribution in [0, 0.1) is 0 Å². The van der Waals surface area contributed by atoms with E-state index in [1.165, 1.54) is 11.3 Å². The zero-order valence-electron chi connectivity index (χ0n) is 11.1. The second-order valence-corrected chi connectivity index (χ2v) is 7.35. The summed E-state index contributed by atoms with van der Waals surface area (Å²) in [5, 5.41) is 5.74. The lowest BCUT2D eigenvalue weighted by Crippen LogP contribution is -2.25. The number of benzene rings is 1. The van der Waals surface area contributed by atoms with Crippen LogP contribution in [0.5, 0.6) is 0 Å². The zero-order valence-corrected chi connectivity index (χ0v) is 13.5. The molecule has 0 saturated heterocycles. The Bertz CT molecular complexity index is 677. The van der Waals surface area contributed by atoms with Crippen molar-refractivity contribution >= 4 is 44.8 Å². The molecular formula is C15H13BrN2O2S. The van der Waals surface area contributed by atoms with E-state index in [0.717, 1.165) is 16.6 Å². The summed E-state index contributed by atoms with van der Waals surface area (Å²) in [6.07, 6.45) is 2.13. The average molecular weight is 365 g/mol.